The van der Waals surface area contributed by atoms with Crippen molar-refractivity contribution >= 4 is 22.4 Å². The summed E-state index contributed by atoms with van der Waals surface area (Å²) in [6.07, 6.45) is 1.74. The predicted molar refractivity (Wildman–Crippen MR) is 72.2 cm³/mol. The first-order chi connectivity index (χ1) is 9.20. The van der Waals surface area contributed by atoms with Crippen LogP contribution in [0, 0.1) is 0 Å². The standard InChI is InChI=1S/C12H14N4O2S/c1-3-18-11(17)10-14-15-12(19-10)16(2)8-9-6-4-5-7-13-9/h4-7H,3,8H2,1-2H3. The molecule has 2 heterocycles. The Morgan fingerprint density at radius 2 is 2.26 bits per heavy atom. The topological polar surface area (TPSA) is 68.2 Å². The maximum atomic E-state index is 11.5. The van der Waals surface area contributed by atoms with Gasteiger partial charge in [0.1, 0.15) is 0 Å². The van der Waals surface area contributed by atoms with E-state index in [1.807, 2.05) is 30.1 Å². The van der Waals surface area contributed by atoms with Crippen molar-refractivity contribution in [3.05, 3.63) is 35.1 Å². The van der Waals surface area contributed by atoms with Crippen LogP contribution in [0.15, 0.2) is 24.4 Å². The lowest BCUT2D eigenvalue weighted by atomic mass is 10.3. The monoisotopic (exact) mass is 278 g/mol. The van der Waals surface area contributed by atoms with E-state index in [1.54, 1.807) is 13.1 Å². The van der Waals surface area contributed by atoms with Gasteiger partial charge < -0.3 is 9.64 Å². The van der Waals surface area contributed by atoms with E-state index in [-0.39, 0.29) is 5.01 Å². The fourth-order valence-corrected chi connectivity index (χ4v) is 2.15. The number of anilines is 1. The third-order valence-corrected chi connectivity index (χ3v) is 3.33. The zero-order chi connectivity index (χ0) is 13.7. The Morgan fingerprint density at radius 3 is 2.95 bits per heavy atom. The first kappa shape index (κ1) is 13.4. The highest BCUT2D eigenvalue weighted by atomic mass is 32.1. The molecule has 2 aromatic rings. The Kier molecular flexibility index (Phi) is 4.40. The lowest BCUT2D eigenvalue weighted by Crippen LogP contribution is -2.16. The molecule has 7 heteroatoms. The summed E-state index contributed by atoms with van der Waals surface area (Å²) < 4.78 is 4.88. The minimum Gasteiger partial charge on any atom is -0.461 e. The second-order valence-electron chi connectivity index (χ2n) is 3.79. The molecule has 100 valence electrons. The Bertz CT molecular complexity index is 544. The molecule has 19 heavy (non-hydrogen) atoms. The number of ether oxygens (including phenoxy) is 1. The summed E-state index contributed by atoms with van der Waals surface area (Å²) >= 11 is 1.21. The smallest absolute Gasteiger partial charge is 0.369 e. The van der Waals surface area contributed by atoms with Crippen molar-refractivity contribution in [2.75, 3.05) is 18.6 Å². The summed E-state index contributed by atoms with van der Waals surface area (Å²) in [5, 5.41) is 8.74. The number of hydrogen-bond donors (Lipinski definition) is 0. The minimum absolute atomic E-state index is 0.268. The molecule has 0 spiro atoms. The highest BCUT2D eigenvalue weighted by molar-refractivity contribution is 7.17. The van der Waals surface area contributed by atoms with Crippen LogP contribution in [0.3, 0.4) is 0 Å². The van der Waals surface area contributed by atoms with Crippen LogP contribution in [0.1, 0.15) is 22.4 Å². The number of esters is 1. The van der Waals surface area contributed by atoms with Crippen LogP contribution in [0.4, 0.5) is 5.13 Å². The molecular formula is C12H14N4O2S. The largest absolute Gasteiger partial charge is 0.461 e. The second-order valence-corrected chi connectivity index (χ2v) is 4.74. The quantitative estimate of drug-likeness (QED) is 0.776. The fourth-order valence-electron chi connectivity index (χ4n) is 1.45. The third-order valence-electron chi connectivity index (χ3n) is 2.32. The number of rotatable bonds is 5. The van der Waals surface area contributed by atoms with Crippen LogP contribution < -0.4 is 4.90 Å². The molecule has 2 aromatic heterocycles. The first-order valence-corrected chi connectivity index (χ1v) is 6.64. The van der Waals surface area contributed by atoms with Gasteiger partial charge in [-0.15, -0.1) is 10.2 Å². The molecule has 0 aliphatic rings. The number of carbonyl (C=O) groups is 1. The molecule has 0 bridgehead atoms. The Balaban J connectivity index is 2.04. The van der Waals surface area contributed by atoms with Crippen LogP contribution in [0.25, 0.3) is 0 Å². The molecule has 0 radical (unpaired) electrons. The minimum atomic E-state index is -0.433. The van der Waals surface area contributed by atoms with Crippen molar-refractivity contribution in [1.82, 2.24) is 15.2 Å². The van der Waals surface area contributed by atoms with Crippen molar-refractivity contribution in [1.29, 1.82) is 0 Å². The molecule has 6 nitrogen and oxygen atoms in total. The molecule has 0 aliphatic carbocycles. The van der Waals surface area contributed by atoms with E-state index in [2.05, 4.69) is 15.2 Å². The summed E-state index contributed by atoms with van der Waals surface area (Å²) in [5.41, 5.74) is 0.929. The maximum Gasteiger partial charge on any atom is 0.369 e. The molecule has 0 atom stereocenters. The second kappa shape index (κ2) is 6.24. The number of hydrogen-bond acceptors (Lipinski definition) is 7. The van der Waals surface area contributed by atoms with Gasteiger partial charge in [0.05, 0.1) is 18.8 Å². The van der Waals surface area contributed by atoms with E-state index in [0.29, 0.717) is 18.3 Å². The van der Waals surface area contributed by atoms with Crippen molar-refractivity contribution in [3.63, 3.8) is 0 Å². The highest BCUT2D eigenvalue weighted by Gasteiger charge is 2.16. The lowest BCUT2D eigenvalue weighted by molar-refractivity contribution is 0.0525. The number of nitrogens with zero attached hydrogens (tertiary/aromatic N) is 4. The van der Waals surface area contributed by atoms with Crippen LogP contribution in [-0.2, 0) is 11.3 Å². The van der Waals surface area contributed by atoms with Gasteiger partial charge >= 0.3 is 5.97 Å². The van der Waals surface area contributed by atoms with E-state index < -0.39 is 5.97 Å². The molecular weight excluding hydrogens is 264 g/mol. The summed E-state index contributed by atoms with van der Waals surface area (Å²) in [7, 11) is 1.88. The van der Waals surface area contributed by atoms with Crippen molar-refractivity contribution < 1.29 is 9.53 Å². The van der Waals surface area contributed by atoms with Gasteiger partial charge in [-0.1, -0.05) is 17.4 Å². The summed E-state index contributed by atoms with van der Waals surface area (Å²) in [4.78, 5) is 17.6. The van der Waals surface area contributed by atoms with Gasteiger partial charge in [0, 0.05) is 13.2 Å². The van der Waals surface area contributed by atoms with E-state index >= 15 is 0 Å². The zero-order valence-corrected chi connectivity index (χ0v) is 11.6. The van der Waals surface area contributed by atoms with E-state index in [9.17, 15) is 4.79 Å². The Morgan fingerprint density at radius 1 is 1.42 bits per heavy atom. The molecule has 2 rings (SSSR count). The molecule has 0 fully saturated rings. The van der Waals surface area contributed by atoms with E-state index in [0.717, 1.165) is 5.69 Å². The number of aromatic nitrogens is 3. The average molecular weight is 278 g/mol. The molecule has 0 N–H and O–H groups in total. The fraction of sp³-hybridized carbons (Fsp3) is 0.333. The average Bonchev–Trinajstić information content (AvgIpc) is 2.90. The molecule has 0 unspecified atom stereocenters. The van der Waals surface area contributed by atoms with Gasteiger partial charge in [0.25, 0.3) is 0 Å². The van der Waals surface area contributed by atoms with Crippen molar-refractivity contribution in [2.24, 2.45) is 0 Å². The third kappa shape index (κ3) is 3.47. The van der Waals surface area contributed by atoms with Gasteiger partial charge in [0.15, 0.2) is 0 Å². The molecule has 0 aliphatic heterocycles. The number of pyridine rings is 1. The molecule has 0 aromatic carbocycles. The Labute approximate surface area is 115 Å². The molecule has 0 saturated carbocycles. The number of carbonyl (C=O) groups excluding carboxylic acids is 1. The van der Waals surface area contributed by atoms with Crippen LogP contribution >= 0.6 is 11.3 Å². The molecule has 0 amide bonds. The van der Waals surface area contributed by atoms with Crippen LogP contribution in [0.5, 0.6) is 0 Å². The van der Waals surface area contributed by atoms with Crippen molar-refractivity contribution in [3.8, 4) is 0 Å². The van der Waals surface area contributed by atoms with Gasteiger partial charge in [0.2, 0.25) is 10.1 Å². The maximum absolute atomic E-state index is 11.5. The highest BCUT2D eigenvalue weighted by Crippen LogP contribution is 2.20. The Hall–Kier alpha value is -2.02. The summed E-state index contributed by atoms with van der Waals surface area (Å²) in [6.45, 7) is 2.70. The predicted octanol–water partition coefficient (Wildman–Crippen LogP) is 1.75. The zero-order valence-electron chi connectivity index (χ0n) is 10.7. The van der Waals surface area contributed by atoms with Gasteiger partial charge in [-0.05, 0) is 19.1 Å². The summed E-state index contributed by atoms with van der Waals surface area (Å²) in [5.74, 6) is -0.433. The van der Waals surface area contributed by atoms with E-state index in [4.69, 9.17) is 4.74 Å². The SMILES string of the molecule is CCOC(=O)c1nnc(N(C)Cc2ccccn2)s1. The lowest BCUT2D eigenvalue weighted by Gasteiger charge is -2.13. The first-order valence-electron chi connectivity index (χ1n) is 5.82. The van der Waals surface area contributed by atoms with Gasteiger partial charge in [-0.3, -0.25) is 4.98 Å². The summed E-state index contributed by atoms with van der Waals surface area (Å²) in [6, 6.07) is 5.73. The normalized spacial score (nSPS) is 10.2. The molecule has 0 saturated heterocycles. The van der Waals surface area contributed by atoms with Crippen LogP contribution in [0.2, 0.25) is 0 Å². The van der Waals surface area contributed by atoms with Crippen LogP contribution in [-0.4, -0.2) is 34.8 Å². The van der Waals surface area contributed by atoms with Gasteiger partial charge in [-0.25, -0.2) is 4.79 Å². The van der Waals surface area contributed by atoms with E-state index in [1.165, 1.54) is 11.3 Å². The van der Waals surface area contributed by atoms with Gasteiger partial charge in [-0.2, -0.15) is 0 Å². The van der Waals surface area contributed by atoms with Crippen molar-refractivity contribution in [2.45, 2.75) is 13.5 Å².